The van der Waals surface area contributed by atoms with Gasteiger partial charge >= 0.3 is 5.97 Å². The largest absolute Gasteiger partial charge is 0.497 e. The van der Waals surface area contributed by atoms with Crippen LogP contribution < -0.4 is 4.74 Å². The van der Waals surface area contributed by atoms with Gasteiger partial charge in [0.15, 0.2) is 12.4 Å². The Morgan fingerprint density at radius 2 is 1.28 bits per heavy atom. The standard InChI is InChI=1S/C21H24O4/c1-12-13(2)15(4)20(16(5)14(12)3)21(23)25-11-19(22)17-7-9-18(24-6)10-8-17/h7-10H,11H2,1-6H3. The summed E-state index contributed by atoms with van der Waals surface area (Å²) in [6.07, 6.45) is 0. The van der Waals surface area contributed by atoms with E-state index in [1.54, 1.807) is 31.4 Å². The minimum atomic E-state index is -0.455. The van der Waals surface area contributed by atoms with E-state index < -0.39 is 5.97 Å². The first-order valence-corrected chi connectivity index (χ1v) is 8.19. The molecular weight excluding hydrogens is 316 g/mol. The molecule has 0 saturated carbocycles. The minimum Gasteiger partial charge on any atom is -0.497 e. The van der Waals surface area contributed by atoms with Crippen LogP contribution in [0, 0.1) is 34.6 Å². The van der Waals surface area contributed by atoms with E-state index in [9.17, 15) is 9.59 Å². The van der Waals surface area contributed by atoms with Crippen molar-refractivity contribution in [2.45, 2.75) is 34.6 Å². The lowest BCUT2D eigenvalue weighted by Gasteiger charge is -2.17. The number of hydrogen-bond acceptors (Lipinski definition) is 4. The van der Waals surface area contributed by atoms with Gasteiger partial charge in [-0.1, -0.05) is 0 Å². The molecule has 0 atom stereocenters. The molecule has 4 heteroatoms. The fraction of sp³-hybridized carbons (Fsp3) is 0.333. The second kappa shape index (κ2) is 7.51. The third-order valence-corrected chi connectivity index (χ3v) is 4.95. The number of hydrogen-bond donors (Lipinski definition) is 0. The van der Waals surface area contributed by atoms with E-state index in [1.807, 2.05) is 34.6 Å². The molecule has 0 radical (unpaired) electrons. The number of carbonyl (C=O) groups excluding carboxylic acids is 2. The third kappa shape index (κ3) is 3.73. The average Bonchev–Trinajstić information content (AvgIpc) is 2.63. The molecule has 2 aromatic carbocycles. The zero-order valence-corrected chi connectivity index (χ0v) is 15.6. The molecule has 0 fully saturated rings. The van der Waals surface area contributed by atoms with Crippen LogP contribution in [0.5, 0.6) is 5.75 Å². The molecule has 0 aliphatic carbocycles. The lowest BCUT2D eigenvalue weighted by atomic mass is 9.90. The lowest BCUT2D eigenvalue weighted by Crippen LogP contribution is -2.17. The highest BCUT2D eigenvalue weighted by molar-refractivity contribution is 6.00. The molecule has 0 unspecified atom stereocenters. The van der Waals surface area contributed by atoms with Gasteiger partial charge in [-0.15, -0.1) is 0 Å². The molecule has 0 heterocycles. The Bertz CT molecular complexity index is 788. The summed E-state index contributed by atoms with van der Waals surface area (Å²) < 4.78 is 10.4. The molecule has 2 aromatic rings. The summed E-state index contributed by atoms with van der Waals surface area (Å²) in [6.45, 7) is 9.59. The van der Waals surface area contributed by atoms with Gasteiger partial charge < -0.3 is 9.47 Å². The predicted molar refractivity (Wildman–Crippen MR) is 97.7 cm³/mol. The van der Waals surface area contributed by atoms with Crippen molar-refractivity contribution < 1.29 is 19.1 Å². The fourth-order valence-electron chi connectivity index (χ4n) is 2.87. The molecule has 4 nitrogen and oxygen atoms in total. The van der Waals surface area contributed by atoms with Crippen molar-refractivity contribution in [3.8, 4) is 5.75 Å². The first-order valence-electron chi connectivity index (χ1n) is 8.19. The van der Waals surface area contributed by atoms with E-state index >= 15 is 0 Å². The smallest absolute Gasteiger partial charge is 0.339 e. The van der Waals surface area contributed by atoms with E-state index in [4.69, 9.17) is 9.47 Å². The third-order valence-electron chi connectivity index (χ3n) is 4.95. The number of ketones is 1. The van der Waals surface area contributed by atoms with Crippen molar-refractivity contribution in [2.75, 3.05) is 13.7 Å². The quantitative estimate of drug-likeness (QED) is 0.602. The highest BCUT2D eigenvalue weighted by atomic mass is 16.5. The van der Waals surface area contributed by atoms with E-state index in [-0.39, 0.29) is 12.4 Å². The van der Waals surface area contributed by atoms with E-state index in [1.165, 1.54) is 5.56 Å². The van der Waals surface area contributed by atoms with Gasteiger partial charge in [0, 0.05) is 5.56 Å². The van der Waals surface area contributed by atoms with E-state index in [0.717, 1.165) is 22.3 Å². The molecule has 0 bridgehead atoms. The Balaban J connectivity index is 2.16. The maximum Gasteiger partial charge on any atom is 0.339 e. The van der Waals surface area contributed by atoms with Gasteiger partial charge in [-0.25, -0.2) is 4.79 Å². The minimum absolute atomic E-state index is 0.244. The molecule has 0 saturated heterocycles. The van der Waals surface area contributed by atoms with Crippen LogP contribution in [0.25, 0.3) is 0 Å². The first kappa shape index (κ1) is 18.7. The van der Waals surface area contributed by atoms with Gasteiger partial charge in [0.1, 0.15) is 5.75 Å². The van der Waals surface area contributed by atoms with Gasteiger partial charge in [0.05, 0.1) is 12.7 Å². The maximum atomic E-state index is 12.5. The Morgan fingerprint density at radius 1 is 0.800 bits per heavy atom. The highest BCUT2D eigenvalue weighted by Crippen LogP contribution is 2.26. The Labute approximate surface area is 148 Å². The molecule has 0 N–H and O–H groups in total. The van der Waals surface area contributed by atoms with Crippen LogP contribution in [0.3, 0.4) is 0 Å². The summed E-state index contributed by atoms with van der Waals surface area (Å²) in [7, 11) is 1.56. The van der Waals surface area contributed by atoms with Crippen LogP contribution in [0.4, 0.5) is 0 Å². The summed E-state index contributed by atoms with van der Waals surface area (Å²) in [5, 5.41) is 0. The van der Waals surface area contributed by atoms with Crippen molar-refractivity contribution in [3.63, 3.8) is 0 Å². The first-order chi connectivity index (χ1) is 11.8. The van der Waals surface area contributed by atoms with Crippen molar-refractivity contribution in [2.24, 2.45) is 0 Å². The zero-order valence-electron chi connectivity index (χ0n) is 15.6. The summed E-state index contributed by atoms with van der Waals surface area (Å²) in [5.41, 5.74) is 6.19. The van der Waals surface area contributed by atoms with Crippen LogP contribution in [0.2, 0.25) is 0 Å². The van der Waals surface area contributed by atoms with Crippen LogP contribution in [-0.4, -0.2) is 25.5 Å². The van der Waals surface area contributed by atoms with Crippen LogP contribution in [0.15, 0.2) is 24.3 Å². The van der Waals surface area contributed by atoms with E-state index in [0.29, 0.717) is 16.9 Å². The van der Waals surface area contributed by atoms with Crippen LogP contribution >= 0.6 is 0 Å². The topological polar surface area (TPSA) is 52.6 Å². The number of rotatable bonds is 5. The second-order valence-corrected chi connectivity index (χ2v) is 6.23. The van der Waals surface area contributed by atoms with E-state index in [2.05, 4.69) is 0 Å². The number of methoxy groups -OCH3 is 1. The molecule has 0 aliphatic heterocycles. The van der Waals surface area contributed by atoms with Crippen molar-refractivity contribution >= 4 is 11.8 Å². The lowest BCUT2D eigenvalue weighted by molar-refractivity contribution is 0.0473. The summed E-state index contributed by atoms with van der Waals surface area (Å²) in [5.74, 6) is -0.0275. The zero-order chi connectivity index (χ0) is 18.7. The van der Waals surface area contributed by atoms with Gasteiger partial charge in [0.2, 0.25) is 0 Å². The Morgan fingerprint density at radius 3 is 1.76 bits per heavy atom. The fourth-order valence-corrected chi connectivity index (χ4v) is 2.87. The second-order valence-electron chi connectivity index (χ2n) is 6.23. The number of Topliss-reactive ketones (excluding diaryl/α,β-unsaturated/α-hetero) is 1. The molecule has 0 aromatic heterocycles. The molecule has 0 aliphatic rings. The molecular formula is C21H24O4. The summed E-state index contributed by atoms with van der Waals surface area (Å²) in [4.78, 5) is 24.8. The highest BCUT2D eigenvalue weighted by Gasteiger charge is 2.20. The van der Waals surface area contributed by atoms with Gasteiger partial charge in [-0.05, 0) is 86.7 Å². The van der Waals surface area contributed by atoms with Crippen molar-refractivity contribution in [1.29, 1.82) is 0 Å². The number of ether oxygens (including phenoxy) is 2. The van der Waals surface area contributed by atoms with Crippen molar-refractivity contribution in [1.82, 2.24) is 0 Å². The molecule has 0 spiro atoms. The van der Waals surface area contributed by atoms with Crippen LogP contribution in [0.1, 0.15) is 48.5 Å². The van der Waals surface area contributed by atoms with Gasteiger partial charge in [-0.2, -0.15) is 0 Å². The Kier molecular flexibility index (Phi) is 5.62. The monoisotopic (exact) mass is 340 g/mol. The predicted octanol–water partition coefficient (Wildman–Crippen LogP) is 4.28. The summed E-state index contributed by atoms with van der Waals surface area (Å²) in [6, 6.07) is 6.73. The average molecular weight is 340 g/mol. The van der Waals surface area contributed by atoms with Crippen LogP contribution in [-0.2, 0) is 4.74 Å². The number of esters is 1. The maximum absolute atomic E-state index is 12.5. The SMILES string of the molecule is COc1ccc(C(=O)COC(=O)c2c(C)c(C)c(C)c(C)c2C)cc1. The van der Waals surface area contributed by atoms with Gasteiger partial charge in [0.25, 0.3) is 0 Å². The van der Waals surface area contributed by atoms with Gasteiger partial charge in [-0.3, -0.25) is 4.79 Å². The normalized spacial score (nSPS) is 10.5. The molecule has 132 valence electrons. The van der Waals surface area contributed by atoms with Crippen molar-refractivity contribution in [3.05, 3.63) is 63.2 Å². The Hall–Kier alpha value is -2.62. The molecule has 0 amide bonds. The number of carbonyl (C=O) groups is 2. The molecule has 25 heavy (non-hydrogen) atoms. The summed E-state index contributed by atoms with van der Waals surface area (Å²) >= 11 is 0. The molecule has 2 rings (SSSR count). The number of benzene rings is 2.